The maximum Gasteiger partial charge on any atom is 0.243 e. The highest BCUT2D eigenvalue weighted by Gasteiger charge is 2.30. The van der Waals surface area contributed by atoms with Crippen LogP contribution in [0.5, 0.6) is 0 Å². The normalized spacial score (nSPS) is 20.8. The van der Waals surface area contributed by atoms with E-state index in [1.165, 1.54) is 11.3 Å². The van der Waals surface area contributed by atoms with E-state index < -0.39 is 10.0 Å². The molecule has 2 heterocycles. The zero-order valence-electron chi connectivity index (χ0n) is 12.7. The molecule has 1 aromatic heterocycles. The lowest BCUT2D eigenvalue weighted by Gasteiger charge is -2.30. The summed E-state index contributed by atoms with van der Waals surface area (Å²) in [6.07, 6.45) is 2.87. The largest absolute Gasteiger partial charge is 0.380 e. The Kier molecular flexibility index (Phi) is 6.19. The number of nitrogens with zero attached hydrogens (tertiary/aromatic N) is 1. The third kappa shape index (κ3) is 4.26. The highest BCUT2D eigenvalue weighted by Crippen LogP contribution is 2.25. The van der Waals surface area contributed by atoms with E-state index in [-0.39, 0.29) is 6.10 Å². The zero-order valence-corrected chi connectivity index (χ0v) is 14.3. The minimum atomic E-state index is -3.38. The SMILES string of the molecule is CCCNCc1cc(S(=O)(=O)N2CCCC(OC)C2)cs1. The number of nitrogens with one attached hydrogen (secondary N) is 1. The van der Waals surface area contributed by atoms with Crippen LogP contribution in [-0.4, -0.2) is 45.6 Å². The lowest BCUT2D eigenvalue weighted by atomic mass is 10.1. The van der Waals surface area contributed by atoms with Crippen LogP contribution in [-0.2, 0) is 21.3 Å². The first-order valence-corrected chi connectivity index (χ1v) is 9.71. The first-order valence-electron chi connectivity index (χ1n) is 7.39. The Balaban J connectivity index is 2.05. The number of hydrogen-bond donors (Lipinski definition) is 1. The summed E-state index contributed by atoms with van der Waals surface area (Å²) < 4.78 is 32.2. The summed E-state index contributed by atoms with van der Waals surface area (Å²) in [7, 11) is -1.74. The van der Waals surface area contributed by atoms with Gasteiger partial charge in [-0.05, 0) is 31.9 Å². The smallest absolute Gasteiger partial charge is 0.243 e. The molecular weight excluding hydrogens is 308 g/mol. The first kappa shape index (κ1) is 16.9. The average Bonchev–Trinajstić information content (AvgIpc) is 2.97. The van der Waals surface area contributed by atoms with Crippen LogP contribution in [0.15, 0.2) is 16.3 Å². The Bertz CT molecular complexity index is 542. The van der Waals surface area contributed by atoms with Gasteiger partial charge in [0, 0.05) is 37.0 Å². The molecule has 0 spiro atoms. The van der Waals surface area contributed by atoms with Crippen LogP contribution >= 0.6 is 11.3 Å². The predicted octanol–water partition coefficient (Wildman–Crippen LogP) is 2.05. The van der Waals surface area contributed by atoms with Crippen molar-refractivity contribution in [1.82, 2.24) is 9.62 Å². The van der Waals surface area contributed by atoms with E-state index in [0.29, 0.717) is 18.0 Å². The molecule has 1 N–H and O–H groups in total. The van der Waals surface area contributed by atoms with Crippen LogP contribution in [0.1, 0.15) is 31.1 Å². The number of piperidine rings is 1. The number of sulfonamides is 1. The summed E-state index contributed by atoms with van der Waals surface area (Å²) >= 11 is 1.50. The van der Waals surface area contributed by atoms with Crippen LogP contribution in [0.2, 0.25) is 0 Å². The van der Waals surface area contributed by atoms with Crippen molar-refractivity contribution in [2.75, 3.05) is 26.7 Å². The molecule has 0 aromatic carbocycles. The predicted molar refractivity (Wildman–Crippen MR) is 85.1 cm³/mol. The van der Waals surface area contributed by atoms with Gasteiger partial charge in [0.25, 0.3) is 0 Å². The highest BCUT2D eigenvalue weighted by atomic mass is 32.2. The van der Waals surface area contributed by atoms with E-state index >= 15 is 0 Å². The quantitative estimate of drug-likeness (QED) is 0.777. The van der Waals surface area contributed by atoms with Crippen LogP contribution < -0.4 is 5.32 Å². The molecule has 0 saturated carbocycles. The summed E-state index contributed by atoms with van der Waals surface area (Å²) in [5.74, 6) is 0. The molecule has 0 radical (unpaired) electrons. The molecule has 120 valence electrons. The minimum Gasteiger partial charge on any atom is -0.380 e. The second-order valence-corrected chi connectivity index (χ2v) is 8.22. The molecule has 7 heteroatoms. The van der Waals surface area contributed by atoms with Crippen molar-refractivity contribution in [2.24, 2.45) is 0 Å². The third-order valence-corrected chi connectivity index (χ3v) is 6.60. The first-order chi connectivity index (χ1) is 10.1. The number of rotatable bonds is 7. The van der Waals surface area contributed by atoms with E-state index in [1.807, 2.05) is 0 Å². The van der Waals surface area contributed by atoms with Gasteiger partial charge in [0.2, 0.25) is 10.0 Å². The van der Waals surface area contributed by atoms with Crippen molar-refractivity contribution in [1.29, 1.82) is 0 Å². The third-order valence-electron chi connectivity index (χ3n) is 3.67. The molecule has 0 aliphatic carbocycles. The molecule has 2 rings (SSSR count). The van der Waals surface area contributed by atoms with Crippen molar-refractivity contribution < 1.29 is 13.2 Å². The fourth-order valence-electron chi connectivity index (χ4n) is 2.44. The summed E-state index contributed by atoms with van der Waals surface area (Å²) in [5, 5.41) is 5.04. The van der Waals surface area contributed by atoms with E-state index in [4.69, 9.17) is 4.74 Å². The number of ether oxygens (including phenoxy) is 1. The van der Waals surface area contributed by atoms with Crippen molar-refractivity contribution >= 4 is 21.4 Å². The highest BCUT2D eigenvalue weighted by molar-refractivity contribution is 7.89. The average molecular weight is 332 g/mol. The van der Waals surface area contributed by atoms with Gasteiger partial charge in [0.1, 0.15) is 0 Å². The fourth-order valence-corrected chi connectivity index (χ4v) is 5.18. The van der Waals surface area contributed by atoms with Gasteiger partial charge in [-0.1, -0.05) is 6.92 Å². The molecule has 1 aromatic rings. The number of hydrogen-bond acceptors (Lipinski definition) is 5. The van der Waals surface area contributed by atoms with Crippen LogP contribution in [0.3, 0.4) is 0 Å². The Morgan fingerprint density at radius 1 is 1.52 bits per heavy atom. The fraction of sp³-hybridized carbons (Fsp3) is 0.714. The molecule has 1 aliphatic rings. The topological polar surface area (TPSA) is 58.6 Å². The molecule has 1 unspecified atom stereocenters. The second-order valence-electron chi connectivity index (χ2n) is 5.29. The van der Waals surface area contributed by atoms with Crippen LogP contribution in [0, 0.1) is 0 Å². The summed E-state index contributed by atoms with van der Waals surface area (Å²) in [5.41, 5.74) is 0. The van der Waals surface area contributed by atoms with Crippen molar-refractivity contribution in [3.8, 4) is 0 Å². The molecule has 1 fully saturated rings. The van der Waals surface area contributed by atoms with Gasteiger partial charge in [-0.3, -0.25) is 0 Å². The number of thiophene rings is 1. The summed E-state index contributed by atoms with van der Waals surface area (Å²) in [6.45, 7) is 4.83. The van der Waals surface area contributed by atoms with Gasteiger partial charge in [0.15, 0.2) is 0 Å². The second kappa shape index (κ2) is 7.69. The lowest BCUT2D eigenvalue weighted by molar-refractivity contribution is 0.0572. The molecule has 1 atom stereocenters. The van der Waals surface area contributed by atoms with Gasteiger partial charge < -0.3 is 10.1 Å². The molecular formula is C14H24N2O3S2. The lowest BCUT2D eigenvalue weighted by Crippen LogP contribution is -2.42. The standard InChI is InChI=1S/C14H24N2O3S2/c1-3-6-15-9-13-8-14(11-20-13)21(17,18)16-7-4-5-12(10-16)19-2/h8,11-12,15H,3-7,9-10H2,1-2H3. The summed E-state index contributed by atoms with van der Waals surface area (Å²) in [6, 6.07) is 1.79. The van der Waals surface area contributed by atoms with Gasteiger partial charge in [-0.2, -0.15) is 4.31 Å². The van der Waals surface area contributed by atoms with Gasteiger partial charge in [-0.15, -0.1) is 11.3 Å². The summed E-state index contributed by atoms with van der Waals surface area (Å²) in [4.78, 5) is 1.47. The molecule has 0 bridgehead atoms. The van der Waals surface area contributed by atoms with Gasteiger partial charge in [-0.25, -0.2) is 8.42 Å². The van der Waals surface area contributed by atoms with Gasteiger partial charge >= 0.3 is 0 Å². The van der Waals surface area contributed by atoms with Crippen LogP contribution in [0.25, 0.3) is 0 Å². The molecule has 1 saturated heterocycles. The maximum atomic E-state index is 12.6. The Morgan fingerprint density at radius 3 is 3.05 bits per heavy atom. The Morgan fingerprint density at radius 2 is 2.33 bits per heavy atom. The van der Waals surface area contributed by atoms with E-state index in [9.17, 15) is 8.42 Å². The minimum absolute atomic E-state index is 0.0119. The molecule has 21 heavy (non-hydrogen) atoms. The molecule has 0 amide bonds. The molecule has 1 aliphatic heterocycles. The van der Waals surface area contributed by atoms with Crippen LogP contribution in [0.4, 0.5) is 0 Å². The van der Waals surface area contributed by atoms with E-state index in [2.05, 4.69) is 12.2 Å². The van der Waals surface area contributed by atoms with Crippen molar-refractivity contribution in [2.45, 2.75) is 43.7 Å². The van der Waals surface area contributed by atoms with E-state index in [1.54, 1.807) is 22.9 Å². The van der Waals surface area contributed by atoms with Crippen molar-refractivity contribution in [3.05, 3.63) is 16.3 Å². The monoisotopic (exact) mass is 332 g/mol. The zero-order chi connectivity index (χ0) is 15.3. The van der Waals surface area contributed by atoms with Gasteiger partial charge in [0.05, 0.1) is 11.0 Å². The van der Waals surface area contributed by atoms with Crippen molar-refractivity contribution in [3.63, 3.8) is 0 Å². The number of methoxy groups -OCH3 is 1. The maximum absolute atomic E-state index is 12.6. The Hall–Kier alpha value is -0.470. The van der Waals surface area contributed by atoms with E-state index in [0.717, 1.165) is 37.2 Å². The molecule has 5 nitrogen and oxygen atoms in total. The Labute approximate surface area is 131 Å².